The van der Waals surface area contributed by atoms with Crippen molar-refractivity contribution in [1.82, 2.24) is 21.3 Å². The van der Waals surface area contributed by atoms with Crippen LogP contribution in [0.2, 0.25) is 0 Å². The van der Waals surface area contributed by atoms with Gasteiger partial charge in [-0.1, -0.05) is 6.42 Å². The average molecular weight is 363 g/mol. The van der Waals surface area contributed by atoms with E-state index in [1.54, 1.807) is 0 Å². The van der Waals surface area contributed by atoms with E-state index in [0.717, 1.165) is 50.9 Å². The lowest BCUT2D eigenvalue weighted by atomic mass is 10.0. The lowest BCUT2D eigenvalue weighted by Crippen LogP contribution is -2.42. The topological polar surface area (TPSA) is 82.3 Å². The number of hydrogen-bond donors (Lipinski definition) is 4. The van der Waals surface area contributed by atoms with Gasteiger partial charge in [0.15, 0.2) is 0 Å². The molecule has 3 atom stereocenters. The number of hydrogen-bond acceptors (Lipinski definition) is 4. The molecule has 8 heteroatoms. The average Bonchev–Trinajstić information content (AvgIpc) is 3.04. The van der Waals surface area contributed by atoms with Crippen LogP contribution in [0, 0.1) is 0 Å². The van der Waals surface area contributed by atoms with Crippen LogP contribution in [0.3, 0.4) is 0 Å². The van der Waals surface area contributed by atoms with Gasteiger partial charge in [0.1, 0.15) is 0 Å². The van der Waals surface area contributed by atoms with Crippen LogP contribution in [0.4, 0.5) is 4.79 Å². The Morgan fingerprint density at radius 2 is 2.00 bits per heavy atom. The lowest BCUT2D eigenvalue weighted by molar-refractivity contribution is -0.122. The molecule has 3 unspecified atom stereocenters. The van der Waals surface area contributed by atoms with Crippen molar-refractivity contribution in [2.75, 3.05) is 18.8 Å². The van der Waals surface area contributed by atoms with Gasteiger partial charge >= 0.3 is 6.03 Å². The number of nitrogens with one attached hydrogen (secondary N) is 4. The molecule has 4 N–H and O–H groups in total. The molecular weight excluding hydrogens is 336 g/mol. The van der Waals surface area contributed by atoms with Gasteiger partial charge in [0.05, 0.1) is 12.1 Å². The zero-order valence-electron chi connectivity index (χ0n) is 13.3. The lowest BCUT2D eigenvalue weighted by Gasteiger charge is -2.23. The van der Waals surface area contributed by atoms with Crippen molar-refractivity contribution in [1.29, 1.82) is 0 Å². The third-order valence-electron chi connectivity index (χ3n) is 4.78. The molecule has 0 aromatic carbocycles. The van der Waals surface area contributed by atoms with Gasteiger partial charge in [-0.25, -0.2) is 4.79 Å². The van der Waals surface area contributed by atoms with Gasteiger partial charge in [0, 0.05) is 23.5 Å². The summed E-state index contributed by atoms with van der Waals surface area (Å²) < 4.78 is 0. The molecule has 0 aromatic rings. The van der Waals surface area contributed by atoms with E-state index in [-0.39, 0.29) is 30.4 Å². The summed E-state index contributed by atoms with van der Waals surface area (Å²) in [6.07, 6.45) is 5.78. The van der Waals surface area contributed by atoms with Gasteiger partial charge in [-0.2, -0.15) is 11.8 Å². The summed E-state index contributed by atoms with van der Waals surface area (Å²) in [6, 6.07) is 0.910. The summed E-state index contributed by atoms with van der Waals surface area (Å²) in [4.78, 5) is 23.3. The highest BCUT2D eigenvalue weighted by molar-refractivity contribution is 8.00. The van der Waals surface area contributed by atoms with Crippen LogP contribution in [0.5, 0.6) is 0 Å². The minimum atomic E-state index is -0.0263. The normalized spacial score (nSPS) is 30.1. The fourth-order valence-corrected chi connectivity index (χ4v) is 5.08. The summed E-state index contributed by atoms with van der Waals surface area (Å²) in [5, 5.41) is 12.9. The van der Waals surface area contributed by atoms with Crippen molar-refractivity contribution in [3.05, 3.63) is 0 Å². The summed E-state index contributed by atoms with van der Waals surface area (Å²) >= 11 is 1.94. The van der Waals surface area contributed by atoms with Crippen LogP contribution in [0.25, 0.3) is 0 Å². The largest absolute Gasteiger partial charge is 0.353 e. The van der Waals surface area contributed by atoms with Crippen LogP contribution in [-0.2, 0) is 4.79 Å². The van der Waals surface area contributed by atoms with Crippen molar-refractivity contribution in [2.24, 2.45) is 0 Å². The number of unbranched alkanes of at least 4 members (excludes halogenated alkanes) is 1. The molecule has 3 heterocycles. The predicted octanol–water partition coefficient (Wildman–Crippen LogP) is 1.00. The second kappa shape index (κ2) is 8.99. The number of thioether (sulfide) groups is 1. The SMILES string of the molecule is Cl.O=C(CCCCC1SCC2NC(=O)NC21)NC1CCNCC1. The smallest absolute Gasteiger partial charge is 0.315 e. The first-order valence-electron chi connectivity index (χ1n) is 8.41. The quantitative estimate of drug-likeness (QED) is 0.420. The molecule has 3 saturated heterocycles. The van der Waals surface area contributed by atoms with Crippen LogP contribution in [0.1, 0.15) is 38.5 Å². The number of piperidine rings is 1. The maximum atomic E-state index is 11.9. The van der Waals surface area contributed by atoms with E-state index in [1.807, 2.05) is 11.8 Å². The molecule has 0 spiro atoms. The second-order valence-electron chi connectivity index (χ2n) is 6.46. The van der Waals surface area contributed by atoms with Gasteiger partial charge in [-0.3, -0.25) is 4.79 Å². The van der Waals surface area contributed by atoms with Crippen molar-refractivity contribution < 1.29 is 9.59 Å². The van der Waals surface area contributed by atoms with Crippen molar-refractivity contribution in [3.63, 3.8) is 0 Å². The molecule has 0 aromatic heterocycles. The zero-order valence-corrected chi connectivity index (χ0v) is 14.9. The number of urea groups is 1. The van der Waals surface area contributed by atoms with E-state index in [1.165, 1.54) is 0 Å². The van der Waals surface area contributed by atoms with Crippen molar-refractivity contribution >= 4 is 36.1 Å². The van der Waals surface area contributed by atoms with Gasteiger partial charge in [0.25, 0.3) is 0 Å². The maximum Gasteiger partial charge on any atom is 0.315 e. The van der Waals surface area contributed by atoms with Crippen LogP contribution in [0.15, 0.2) is 0 Å². The Hall–Kier alpha value is -0.660. The first kappa shape index (κ1) is 18.7. The minimum absolute atomic E-state index is 0. The molecule has 6 nitrogen and oxygen atoms in total. The highest BCUT2D eigenvalue weighted by Crippen LogP contribution is 2.33. The van der Waals surface area contributed by atoms with E-state index in [0.29, 0.717) is 23.8 Å². The van der Waals surface area contributed by atoms with E-state index in [2.05, 4.69) is 21.3 Å². The summed E-state index contributed by atoms with van der Waals surface area (Å²) in [7, 11) is 0. The molecule has 3 aliphatic heterocycles. The van der Waals surface area contributed by atoms with Crippen LogP contribution in [-0.4, -0.2) is 54.2 Å². The van der Waals surface area contributed by atoms with Crippen LogP contribution >= 0.6 is 24.2 Å². The molecule has 3 fully saturated rings. The molecule has 3 aliphatic rings. The minimum Gasteiger partial charge on any atom is -0.353 e. The van der Waals surface area contributed by atoms with E-state index in [4.69, 9.17) is 0 Å². The molecule has 23 heavy (non-hydrogen) atoms. The highest BCUT2D eigenvalue weighted by Gasteiger charge is 2.42. The number of amides is 3. The number of rotatable bonds is 6. The fourth-order valence-electron chi connectivity index (χ4n) is 3.54. The Balaban J connectivity index is 0.00000192. The molecule has 132 valence electrons. The number of halogens is 1. The summed E-state index contributed by atoms with van der Waals surface area (Å²) in [6.45, 7) is 2.01. The first-order chi connectivity index (χ1) is 10.7. The number of carbonyl (C=O) groups excluding carboxylic acids is 2. The standard InChI is InChI=1S/C15H26N4O2S.ClH/c20-13(17-10-5-7-16-8-6-10)4-2-1-3-12-14-11(9-22-12)18-15(21)19-14;/h10-12,14,16H,1-9H2,(H,17,20)(H2,18,19,21);1H. The molecule has 0 saturated carbocycles. The highest BCUT2D eigenvalue weighted by atomic mass is 35.5. The first-order valence-corrected chi connectivity index (χ1v) is 9.46. The molecule has 0 aliphatic carbocycles. The predicted molar refractivity (Wildman–Crippen MR) is 95.2 cm³/mol. The summed E-state index contributed by atoms with van der Waals surface area (Å²) in [5.74, 6) is 1.20. The zero-order chi connectivity index (χ0) is 15.4. The molecule has 0 radical (unpaired) electrons. The third kappa shape index (κ3) is 5.16. The maximum absolute atomic E-state index is 11.9. The Morgan fingerprint density at radius 3 is 2.78 bits per heavy atom. The van der Waals surface area contributed by atoms with Crippen LogP contribution < -0.4 is 21.3 Å². The second-order valence-corrected chi connectivity index (χ2v) is 7.73. The Morgan fingerprint density at radius 1 is 1.22 bits per heavy atom. The van der Waals surface area contributed by atoms with Gasteiger partial charge in [-0.15, -0.1) is 12.4 Å². The molecule has 0 bridgehead atoms. The Labute approximate surface area is 148 Å². The van der Waals surface area contributed by atoms with E-state index in [9.17, 15) is 9.59 Å². The number of carbonyl (C=O) groups is 2. The van der Waals surface area contributed by atoms with Gasteiger partial charge < -0.3 is 21.3 Å². The van der Waals surface area contributed by atoms with Gasteiger partial charge in [0.2, 0.25) is 5.91 Å². The Bertz CT molecular complexity index is 420. The molecule has 3 amide bonds. The molecular formula is C15H27ClN4O2S. The van der Waals surface area contributed by atoms with E-state index >= 15 is 0 Å². The van der Waals surface area contributed by atoms with Crippen molar-refractivity contribution in [2.45, 2.75) is 61.9 Å². The monoisotopic (exact) mass is 362 g/mol. The van der Waals surface area contributed by atoms with Gasteiger partial charge in [-0.05, 0) is 38.8 Å². The summed E-state index contributed by atoms with van der Waals surface area (Å²) in [5.41, 5.74) is 0. The number of fused-ring (bicyclic) bond motifs is 1. The van der Waals surface area contributed by atoms with Crippen molar-refractivity contribution in [3.8, 4) is 0 Å². The van der Waals surface area contributed by atoms with E-state index < -0.39 is 0 Å². The Kier molecular flexibility index (Phi) is 7.30. The fraction of sp³-hybridized carbons (Fsp3) is 0.867. The third-order valence-corrected chi connectivity index (χ3v) is 6.29. The molecule has 3 rings (SSSR count).